The van der Waals surface area contributed by atoms with Crippen molar-refractivity contribution in [2.75, 3.05) is 13.1 Å². The Kier molecular flexibility index (Phi) is 12.6. The molecule has 1 aromatic heterocycles. The highest BCUT2D eigenvalue weighted by molar-refractivity contribution is 9.10. The van der Waals surface area contributed by atoms with Gasteiger partial charge in [-0.3, -0.25) is 4.79 Å². The molecule has 260 valence electrons. The van der Waals surface area contributed by atoms with E-state index in [0.717, 1.165) is 35.1 Å². The zero-order chi connectivity index (χ0) is 35.7. The van der Waals surface area contributed by atoms with E-state index in [0.29, 0.717) is 4.31 Å². The molecule has 3 aromatic rings. The molecule has 10 nitrogen and oxygen atoms in total. The van der Waals surface area contributed by atoms with E-state index in [-0.39, 0.29) is 32.0 Å². The first-order valence-corrected chi connectivity index (χ1v) is 18.1. The Balaban J connectivity index is 0.000000316. The minimum Gasteiger partial charge on any atom is -0.404 e. The average molecular weight is 909 g/mol. The predicted molar refractivity (Wildman–Crippen MR) is 161 cm³/mol. The quantitative estimate of drug-likeness (QED) is 0.185. The Morgan fingerprint density at radius 1 is 0.872 bits per heavy atom. The van der Waals surface area contributed by atoms with E-state index in [1.807, 2.05) is 0 Å². The molecule has 0 radical (unpaired) electrons. The van der Waals surface area contributed by atoms with Gasteiger partial charge < -0.3 is 9.47 Å². The smallest absolute Gasteiger partial charge is 0.404 e. The summed E-state index contributed by atoms with van der Waals surface area (Å²) < 4.78 is 146. The SMILES string of the molecule is O=S(=O)(Cl)c1cc(Br)ccc1OC(F)(F)F.O=c1c(Cl)c(Cl)cnn1[C@@H]1CCN(S(=O)(=O)c2cc(Br)ccc2OC(F)(F)F)C[C@H]1F. The maximum atomic E-state index is 14.9. The molecule has 0 saturated carbocycles. The van der Waals surface area contributed by atoms with Gasteiger partial charge in [0.2, 0.25) is 10.0 Å². The molecule has 1 aliphatic rings. The summed E-state index contributed by atoms with van der Waals surface area (Å²) in [6.45, 7) is -1.01. The molecule has 1 saturated heterocycles. The summed E-state index contributed by atoms with van der Waals surface area (Å²) in [6, 6.07) is 4.78. The average Bonchev–Trinajstić information content (AvgIpc) is 2.92. The van der Waals surface area contributed by atoms with Gasteiger partial charge >= 0.3 is 12.7 Å². The van der Waals surface area contributed by atoms with Crippen LogP contribution in [0.5, 0.6) is 11.5 Å². The van der Waals surface area contributed by atoms with Crippen LogP contribution in [0.25, 0.3) is 0 Å². The maximum absolute atomic E-state index is 14.9. The van der Waals surface area contributed by atoms with Crippen LogP contribution in [0, 0.1) is 0 Å². The maximum Gasteiger partial charge on any atom is 0.573 e. The predicted octanol–water partition coefficient (Wildman–Crippen LogP) is 7.46. The second kappa shape index (κ2) is 14.9. The molecule has 2 aromatic carbocycles. The topological polar surface area (TPSA) is 125 Å². The van der Waals surface area contributed by atoms with E-state index in [9.17, 15) is 52.4 Å². The number of piperidine rings is 1. The summed E-state index contributed by atoms with van der Waals surface area (Å²) in [6.07, 6.45) is -11.1. The van der Waals surface area contributed by atoms with Gasteiger partial charge in [-0.25, -0.2) is 25.9 Å². The lowest BCUT2D eigenvalue weighted by Crippen LogP contribution is -2.47. The fraction of sp³-hybridized carbons (Fsp3) is 0.304. The van der Waals surface area contributed by atoms with Gasteiger partial charge in [0.1, 0.15) is 32.5 Å². The van der Waals surface area contributed by atoms with E-state index in [4.69, 9.17) is 33.9 Å². The third-order valence-electron chi connectivity index (χ3n) is 5.83. The Morgan fingerprint density at radius 2 is 1.36 bits per heavy atom. The van der Waals surface area contributed by atoms with Crippen molar-refractivity contribution in [1.29, 1.82) is 0 Å². The van der Waals surface area contributed by atoms with Gasteiger partial charge in [0.15, 0.2) is 0 Å². The van der Waals surface area contributed by atoms with Gasteiger partial charge in [-0.15, -0.1) is 26.3 Å². The molecule has 0 bridgehead atoms. The van der Waals surface area contributed by atoms with Crippen molar-refractivity contribution in [3.63, 3.8) is 0 Å². The van der Waals surface area contributed by atoms with Crippen molar-refractivity contribution in [2.45, 2.75) is 41.2 Å². The number of halogens is 12. The van der Waals surface area contributed by atoms with Crippen LogP contribution in [0.4, 0.5) is 30.7 Å². The summed E-state index contributed by atoms with van der Waals surface area (Å²) in [7, 11) is -3.91. The van der Waals surface area contributed by atoms with Crippen molar-refractivity contribution in [3.8, 4) is 11.5 Å². The molecule has 2 heterocycles. The standard InChI is InChI=1S/C16H12BrCl2F4N3O4S.C7H3BrClF3O3S/c17-8-1-2-12(30-16(21,22)23)13(5-8)31(28,29)25-4-3-11(10(20)7-25)26-15(27)14(19)9(18)6-24-26;8-4-1-2-5(15-7(10,11)12)6(3-4)16(9,13)14/h1-2,5-6,10-11H,3-4,7H2;1-3H/t10-,11-;/m1./s1. The summed E-state index contributed by atoms with van der Waals surface area (Å²) in [4.78, 5) is 10.7. The van der Waals surface area contributed by atoms with Crippen LogP contribution in [0.2, 0.25) is 10.0 Å². The first-order chi connectivity index (χ1) is 21.4. The number of aromatic nitrogens is 2. The number of rotatable bonds is 6. The van der Waals surface area contributed by atoms with E-state index in [1.165, 1.54) is 12.1 Å². The largest absolute Gasteiger partial charge is 0.573 e. The van der Waals surface area contributed by atoms with Gasteiger partial charge in [0, 0.05) is 32.7 Å². The lowest BCUT2D eigenvalue weighted by molar-refractivity contribution is -0.276. The van der Waals surface area contributed by atoms with Crippen LogP contribution in [-0.4, -0.2) is 62.9 Å². The molecule has 1 aliphatic heterocycles. The minimum atomic E-state index is -5.13. The summed E-state index contributed by atoms with van der Waals surface area (Å²) in [5, 5.41) is 3.27. The number of alkyl halides is 7. The zero-order valence-corrected chi connectivity index (χ0v) is 29.4. The van der Waals surface area contributed by atoms with Crippen molar-refractivity contribution in [3.05, 3.63) is 71.9 Å². The molecule has 24 heteroatoms. The monoisotopic (exact) mass is 905 g/mol. The van der Waals surface area contributed by atoms with Gasteiger partial charge in [-0.05, 0) is 42.8 Å². The summed E-state index contributed by atoms with van der Waals surface area (Å²) in [5.74, 6) is -1.82. The molecule has 0 amide bonds. The van der Waals surface area contributed by atoms with Crippen LogP contribution in [0.3, 0.4) is 0 Å². The fourth-order valence-corrected chi connectivity index (χ4v) is 7.80. The van der Waals surface area contributed by atoms with Crippen molar-refractivity contribution in [1.82, 2.24) is 14.1 Å². The van der Waals surface area contributed by atoms with Gasteiger partial charge in [-0.1, -0.05) is 55.1 Å². The van der Waals surface area contributed by atoms with Gasteiger partial charge in [0.25, 0.3) is 14.6 Å². The van der Waals surface area contributed by atoms with Crippen LogP contribution >= 0.6 is 65.7 Å². The molecule has 1 fully saturated rings. The molecule has 47 heavy (non-hydrogen) atoms. The summed E-state index contributed by atoms with van der Waals surface area (Å²) in [5.41, 5.74) is -0.842. The third kappa shape index (κ3) is 10.6. The fourth-order valence-electron chi connectivity index (χ4n) is 3.93. The highest BCUT2D eigenvalue weighted by Crippen LogP contribution is 2.37. The normalized spacial score (nSPS) is 17.9. The van der Waals surface area contributed by atoms with Gasteiger partial charge in [0.05, 0.1) is 17.3 Å². The number of benzene rings is 2. The van der Waals surface area contributed by atoms with Crippen LogP contribution < -0.4 is 15.0 Å². The highest BCUT2D eigenvalue weighted by atomic mass is 79.9. The number of nitrogens with zero attached hydrogens (tertiary/aromatic N) is 3. The number of hydrogen-bond acceptors (Lipinski definition) is 8. The highest BCUT2D eigenvalue weighted by Gasteiger charge is 2.41. The molecular formula is C23H15Br2Cl3F7N3O7S2. The second-order valence-electron chi connectivity index (χ2n) is 9.01. The van der Waals surface area contributed by atoms with E-state index >= 15 is 0 Å². The second-order valence-corrected chi connectivity index (χ2v) is 16.1. The van der Waals surface area contributed by atoms with Crippen LogP contribution in [-0.2, 0) is 19.1 Å². The Hall–Kier alpha value is -1.88. The molecule has 0 unspecified atom stereocenters. The Morgan fingerprint density at radius 3 is 1.83 bits per heavy atom. The molecule has 0 spiro atoms. The lowest BCUT2D eigenvalue weighted by Gasteiger charge is -2.34. The molecular weight excluding hydrogens is 894 g/mol. The van der Waals surface area contributed by atoms with Gasteiger partial charge in [-0.2, -0.15) is 9.40 Å². The number of sulfonamides is 1. The first kappa shape index (κ1) is 39.6. The minimum absolute atomic E-state index is 0.120. The summed E-state index contributed by atoms with van der Waals surface area (Å²) >= 11 is 17.4. The van der Waals surface area contributed by atoms with Crippen LogP contribution in [0.15, 0.2) is 66.1 Å². The molecule has 0 aliphatic carbocycles. The number of hydrogen-bond donors (Lipinski definition) is 0. The Bertz CT molecular complexity index is 1920. The van der Waals surface area contributed by atoms with Crippen molar-refractivity contribution < 1.29 is 57.0 Å². The molecule has 0 N–H and O–H groups in total. The van der Waals surface area contributed by atoms with E-state index < -0.39 is 77.4 Å². The van der Waals surface area contributed by atoms with E-state index in [1.54, 1.807) is 0 Å². The molecule has 2 atom stereocenters. The first-order valence-electron chi connectivity index (χ1n) is 12.0. The third-order valence-corrected chi connectivity index (χ3v) is 10.8. The zero-order valence-electron chi connectivity index (χ0n) is 22.4. The van der Waals surface area contributed by atoms with Crippen molar-refractivity contribution >= 4 is 84.8 Å². The Labute approximate surface area is 292 Å². The number of ether oxygens (including phenoxy) is 2. The van der Waals surface area contributed by atoms with E-state index in [2.05, 4.69) is 46.4 Å². The van der Waals surface area contributed by atoms with Crippen molar-refractivity contribution in [2.24, 2.45) is 0 Å². The van der Waals surface area contributed by atoms with Crippen LogP contribution in [0.1, 0.15) is 12.5 Å². The molecule has 4 rings (SSSR count). The lowest BCUT2D eigenvalue weighted by atomic mass is 10.1.